The molecule has 0 bridgehead atoms. The van der Waals surface area contributed by atoms with Gasteiger partial charge in [0.15, 0.2) is 0 Å². The molecule has 0 aromatic carbocycles. The first-order valence-electron chi connectivity index (χ1n) is 13.3. The number of allylic oxidation sites excluding steroid dienone is 4. The Morgan fingerprint density at radius 2 is 1.81 bits per heavy atom. The van der Waals surface area contributed by atoms with Crippen LogP contribution in [0.1, 0.15) is 54.4 Å². The average Bonchev–Trinajstić information content (AvgIpc) is 2.89. The van der Waals surface area contributed by atoms with Gasteiger partial charge in [-0.25, -0.2) is 0 Å². The van der Waals surface area contributed by atoms with Gasteiger partial charge in [0.05, 0.1) is 13.2 Å². The van der Waals surface area contributed by atoms with E-state index in [-0.39, 0.29) is 0 Å². The Morgan fingerprint density at radius 1 is 1.19 bits per heavy atom. The van der Waals surface area contributed by atoms with Crippen molar-refractivity contribution in [2.75, 3.05) is 69.8 Å². The van der Waals surface area contributed by atoms with Gasteiger partial charge in [0.25, 0.3) is 0 Å². The first-order chi connectivity index (χ1) is 17.3. The molecule has 1 saturated heterocycles. The summed E-state index contributed by atoms with van der Waals surface area (Å²) < 4.78 is 11.3. The van der Waals surface area contributed by atoms with Crippen LogP contribution in [0.5, 0.6) is 5.88 Å². The lowest BCUT2D eigenvalue weighted by molar-refractivity contribution is 0.0320. The van der Waals surface area contributed by atoms with Gasteiger partial charge in [-0.05, 0) is 32.3 Å². The quantitative estimate of drug-likeness (QED) is 0.248. The third-order valence-corrected chi connectivity index (χ3v) is 5.21. The van der Waals surface area contributed by atoms with Crippen LogP contribution >= 0.6 is 0 Å². The highest BCUT2D eigenvalue weighted by Crippen LogP contribution is 2.24. The zero-order valence-electron chi connectivity index (χ0n) is 24.0. The van der Waals surface area contributed by atoms with Crippen molar-refractivity contribution >= 4 is 17.2 Å². The molecule has 7 nitrogen and oxygen atoms in total. The fraction of sp³-hybridized carbons (Fsp3) is 0.586. The summed E-state index contributed by atoms with van der Waals surface area (Å²) in [6.45, 7) is 26.6. The molecule has 0 aliphatic carbocycles. The standard InChI is InChI=1S/C18H32N4O2.C9H13N.C2H6/c1-4-6-22(7-5-2)16-14-17(19-3)20-18(15-16)24-13-10-21-8-11-23-12-9-21;1-5-9(8(4)10)6-7(2)3;1-2/h14-15H,4-13H2,1-3H3,(H,19,20);5-6,10H,1-2H2,3-4H3;1-2H3/b;9-6+,10-8?;. The number of rotatable bonds is 13. The van der Waals surface area contributed by atoms with Crippen LogP contribution in [0.25, 0.3) is 0 Å². The molecule has 2 rings (SSSR count). The third kappa shape index (κ3) is 14.0. The lowest BCUT2D eigenvalue weighted by Crippen LogP contribution is -2.38. The molecule has 1 aromatic rings. The van der Waals surface area contributed by atoms with Crippen LogP contribution in [-0.2, 0) is 4.74 Å². The predicted octanol–water partition coefficient (Wildman–Crippen LogP) is 6.20. The molecule has 0 amide bonds. The maximum atomic E-state index is 7.26. The topological polar surface area (TPSA) is 73.7 Å². The molecule has 0 spiro atoms. The van der Waals surface area contributed by atoms with Crippen LogP contribution in [0.3, 0.4) is 0 Å². The highest BCUT2D eigenvalue weighted by atomic mass is 16.5. The molecule has 36 heavy (non-hydrogen) atoms. The van der Waals surface area contributed by atoms with Gasteiger partial charge in [-0.15, -0.1) is 0 Å². The Labute approximate surface area is 220 Å². The summed E-state index contributed by atoms with van der Waals surface area (Å²) in [5, 5.41) is 10.4. The van der Waals surface area contributed by atoms with E-state index in [2.05, 4.69) is 59.2 Å². The van der Waals surface area contributed by atoms with Crippen LogP contribution in [0.15, 0.2) is 48.6 Å². The number of aromatic nitrogens is 1. The van der Waals surface area contributed by atoms with E-state index in [1.165, 1.54) is 5.69 Å². The molecule has 0 unspecified atom stereocenters. The average molecular weight is 502 g/mol. The number of anilines is 2. The number of hydrogen-bond acceptors (Lipinski definition) is 7. The van der Waals surface area contributed by atoms with Gasteiger partial charge in [0.2, 0.25) is 5.88 Å². The Morgan fingerprint density at radius 3 is 2.25 bits per heavy atom. The zero-order valence-corrected chi connectivity index (χ0v) is 24.0. The van der Waals surface area contributed by atoms with Gasteiger partial charge in [0.1, 0.15) is 12.4 Å². The molecule has 1 aromatic heterocycles. The number of nitrogens with one attached hydrogen (secondary N) is 2. The molecular weight excluding hydrogens is 450 g/mol. The van der Waals surface area contributed by atoms with Gasteiger partial charge in [0, 0.05) is 63.3 Å². The summed E-state index contributed by atoms with van der Waals surface area (Å²) in [7, 11) is 1.90. The Kier molecular flexibility index (Phi) is 19.0. The minimum atomic E-state index is 0.526. The maximum Gasteiger partial charge on any atom is 0.217 e. The van der Waals surface area contributed by atoms with Crippen LogP contribution in [-0.4, -0.2) is 75.2 Å². The summed E-state index contributed by atoms with van der Waals surface area (Å²) >= 11 is 0. The summed E-state index contributed by atoms with van der Waals surface area (Å²) in [6, 6.07) is 4.16. The van der Waals surface area contributed by atoms with Crippen LogP contribution < -0.4 is 15.0 Å². The highest BCUT2D eigenvalue weighted by molar-refractivity contribution is 5.98. The van der Waals surface area contributed by atoms with Crippen LogP contribution in [0.4, 0.5) is 11.5 Å². The summed E-state index contributed by atoms with van der Waals surface area (Å²) in [5.74, 6) is 1.55. The number of nitrogens with zero attached hydrogens (tertiary/aromatic N) is 3. The molecule has 0 saturated carbocycles. The van der Waals surface area contributed by atoms with Crippen molar-refractivity contribution in [1.82, 2.24) is 9.88 Å². The van der Waals surface area contributed by atoms with Crippen molar-refractivity contribution in [1.29, 1.82) is 5.41 Å². The molecular formula is C29H51N5O2. The third-order valence-electron chi connectivity index (χ3n) is 5.21. The first-order valence-corrected chi connectivity index (χ1v) is 13.3. The predicted molar refractivity (Wildman–Crippen MR) is 157 cm³/mol. The minimum Gasteiger partial charge on any atom is -0.476 e. The highest BCUT2D eigenvalue weighted by Gasteiger charge is 2.12. The van der Waals surface area contributed by atoms with Gasteiger partial charge in [-0.3, -0.25) is 4.90 Å². The van der Waals surface area contributed by atoms with Gasteiger partial charge >= 0.3 is 0 Å². The van der Waals surface area contributed by atoms with E-state index in [0.717, 1.165) is 75.7 Å². The molecule has 7 heteroatoms. The van der Waals surface area contributed by atoms with Crippen LogP contribution in [0, 0.1) is 5.41 Å². The second kappa shape index (κ2) is 20.5. The Hall–Kier alpha value is -2.64. The summed E-state index contributed by atoms with van der Waals surface area (Å²) in [5.41, 5.74) is 3.49. The van der Waals surface area contributed by atoms with E-state index in [1.54, 1.807) is 13.0 Å². The van der Waals surface area contributed by atoms with E-state index in [0.29, 0.717) is 18.2 Å². The molecule has 0 radical (unpaired) electrons. The lowest BCUT2D eigenvalue weighted by Gasteiger charge is -2.27. The second-order valence-corrected chi connectivity index (χ2v) is 8.36. The van der Waals surface area contributed by atoms with E-state index >= 15 is 0 Å². The Balaban J connectivity index is 0.000000861. The smallest absolute Gasteiger partial charge is 0.217 e. The zero-order chi connectivity index (χ0) is 27.3. The van der Waals surface area contributed by atoms with E-state index in [1.807, 2.05) is 33.9 Å². The minimum absolute atomic E-state index is 0.526. The first kappa shape index (κ1) is 33.4. The van der Waals surface area contributed by atoms with Crippen LogP contribution in [0.2, 0.25) is 0 Å². The molecule has 2 N–H and O–H groups in total. The second-order valence-electron chi connectivity index (χ2n) is 8.36. The maximum absolute atomic E-state index is 7.26. The van der Waals surface area contributed by atoms with E-state index in [9.17, 15) is 0 Å². The molecule has 1 aliphatic heterocycles. The van der Waals surface area contributed by atoms with Crippen molar-refractivity contribution in [3.8, 4) is 5.88 Å². The summed E-state index contributed by atoms with van der Waals surface area (Å²) in [6.07, 6.45) is 5.77. The van der Waals surface area contributed by atoms with E-state index in [4.69, 9.17) is 14.9 Å². The number of pyridine rings is 1. The normalized spacial score (nSPS) is 13.4. The lowest BCUT2D eigenvalue weighted by atomic mass is 10.1. The number of ether oxygens (including phenoxy) is 2. The number of morpholine rings is 1. The molecule has 204 valence electrons. The van der Waals surface area contributed by atoms with Crippen molar-refractivity contribution in [2.45, 2.75) is 54.4 Å². The number of hydrogen-bond donors (Lipinski definition) is 2. The Bertz CT molecular complexity index is 795. The van der Waals surface area contributed by atoms with E-state index < -0.39 is 0 Å². The van der Waals surface area contributed by atoms with Gasteiger partial charge < -0.3 is 25.1 Å². The van der Waals surface area contributed by atoms with Crippen molar-refractivity contribution in [3.63, 3.8) is 0 Å². The molecule has 1 fully saturated rings. The van der Waals surface area contributed by atoms with Gasteiger partial charge in [-0.2, -0.15) is 4.98 Å². The molecule has 1 aliphatic rings. The van der Waals surface area contributed by atoms with Gasteiger partial charge in [-0.1, -0.05) is 58.6 Å². The fourth-order valence-corrected chi connectivity index (χ4v) is 3.48. The molecule has 2 heterocycles. The van der Waals surface area contributed by atoms with Crippen molar-refractivity contribution in [3.05, 3.63) is 48.6 Å². The fourth-order valence-electron chi connectivity index (χ4n) is 3.48. The monoisotopic (exact) mass is 501 g/mol. The SMILES string of the molecule is C=C/C(=C\C(=C)C)C(C)=N.CC.CCCN(CCC)c1cc(NC)nc(OCCN2CCOCC2)c1. The largest absolute Gasteiger partial charge is 0.476 e. The van der Waals surface area contributed by atoms with Crippen molar-refractivity contribution in [2.24, 2.45) is 0 Å². The van der Waals surface area contributed by atoms with Crippen molar-refractivity contribution < 1.29 is 9.47 Å². The molecule has 0 atom stereocenters. The summed E-state index contributed by atoms with van der Waals surface area (Å²) in [4.78, 5) is 9.30.